The van der Waals surface area contributed by atoms with Gasteiger partial charge in [0.15, 0.2) is 0 Å². The van der Waals surface area contributed by atoms with Crippen molar-refractivity contribution < 1.29 is 9.53 Å². The van der Waals surface area contributed by atoms with E-state index in [1.807, 2.05) is 0 Å². The van der Waals surface area contributed by atoms with Crippen molar-refractivity contribution in [1.29, 1.82) is 0 Å². The van der Waals surface area contributed by atoms with E-state index >= 15 is 0 Å². The molecule has 0 aromatic carbocycles. The quantitative estimate of drug-likeness (QED) is 0.662. The van der Waals surface area contributed by atoms with E-state index in [1.165, 1.54) is 70.6 Å². The Kier molecular flexibility index (Phi) is 5.60. The maximum absolute atomic E-state index is 12.0. The largest absolute Gasteiger partial charge is 0.462 e. The van der Waals surface area contributed by atoms with Gasteiger partial charge in [-0.25, -0.2) is 0 Å². The summed E-state index contributed by atoms with van der Waals surface area (Å²) in [4.78, 5) is 12.0. The van der Waals surface area contributed by atoms with Crippen molar-refractivity contribution in [3.8, 4) is 0 Å². The topological polar surface area (TPSA) is 26.3 Å². The third kappa shape index (κ3) is 4.47. The average molecular weight is 292 g/mol. The van der Waals surface area contributed by atoms with E-state index in [0.717, 1.165) is 24.7 Å². The van der Waals surface area contributed by atoms with Crippen LogP contribution in [0.4, 0.5) is 0 Å². The predicted octanol–water partition coefficient (Wildman–Crippen LogP) is 5.25. The SMILES string of the molecule is O=C(CC1CCC(C2CCCCC2)CC1)OC1CCCC1. The van der Waals surface area contributed by atoms with Gasteiger partial charge in [-0.05, 0) is 69.1 Å². The Bertz CT molecular complexity index is 318. The highest BCUT2D eigenvalue weighted by Crippen LogP contribution is 2.40. The van der Waals surface area contributed by atoms with Gasteiger partial charge in [-0.15, -0.1) is 0 Å². The van der Waals surface area contributed by atoms with Gasteiger partial charge in [0.1, 0.15) is 6.10 Å². The van der Waals surface area contributed by atoms with Gasteiger partial charge in [0, 0.05) is 6.42 Å². The van der Waals surface area contributed by atoms with Crippen molar-refractivity contribution in [2.24, 2.45) is 17.8 Å². The molecule has 3 aliphatic rings. The minimum absolute atomic E-state index is 0.0861. The third-order valence-electron chi connectivity index (χ3n) is 6.26. The van der Waals surface area contributed by atoms with Crippen LogP contribution in [0.2, 0.25) is 0 Å². The van der Waals surface area contributed by atoms with Gasteiger partial charge < -0.3 is 4.74 Å². The molecule has 0 radical (unpaired) electrons. The van der Waals surface area contributed by atoms with Gasteiger partial charge in [0.05, 0.1) is 0 Å². The zero-order valence-corrected chi connectivity index (χ0v) is 13.5. The van der Waals surface area contributed by atoms with E-state index in [2.05, 4.69) is 0 Å². The summed E-state index contributed by atoms with van der Waals surface area (Å²) in [6, 6.07) is 0. The molecule has 21 heavy (non-hydrogen) atoms. The van der Waals surface area contributed by atoms with E-state index in [0.29, 0.717) is 12.3 Å². The minimum atomic E-state index is 0.0861. The Morgan fingerprint density at radius 2 is 1.29 bits per heavy atom. The standard InChI is InChI=1S/C19H32O2/c20-19(21-18-8-4-5-9-18)14-15-10-12-17(13-11-15)16-6-2-1-3-7-16/h15-18H,1-14H2. The summed E-state index contributed by atoms with van der Waals surface area (Å²) in [6.07, 6.45) is 18.2. The molecule has 3 saturated carbocycles. The van der Waals surface area contributed by atoms with Crippen LogP contribution < -0.4 is 0 Å². The number of hydrogen-bond acceptors (Lipinski definition) is 2. The van der Waals surface area contributed by atoms with Crippen LogP contribution in [0, 0.1) is 17.8 Å². The molecule has 3 rings (SSSR count). The third-order valence-corrected chi connectivity index (χ3v) is 6.26. The molecule has 0 aliphatic heterocycles. The van der Waals surface area contributed by atoms with Crippen molar-refractivity contribution in [1.82, 2.24) is 0 Å². The fraction of sp³-hybridized carbons (Fsp3) is 0.947. The fourth-order valence-corrected chi connectivity index (χ4v) is 4.95. The fourth-order valence-electron chi connectivity index (χ4n) is 4.95. The summed E-state index contributed by atoms with van der Waals surface area (Å²) < 4.78 is 5.62. The van der Waals surface area contributed by atoms with E-state index in [9.17, 15) is 4.79 Å². The molecule has 0 N–H and O–H groups in total. The van der Waals surface area contributed by atoms with E-state index in [-0.39, 0.29) is 12.1 Å². The molecule has 0 bridgehead atoms. The second kappa shape index (κ2) is 7.65. The lowest BCUT2D eigenvalue weighted by molar-refractivity contribution is -0.150. The van der Waals surface area contributed by atoms with Gasteiger partial charge in [0.25, 0.3) is 0 Å². The maximum atomic E-state index is 12.0. The number of hydrogen-bond donors (Lipinski definition) is 0. The molecule has 0 unspecified atom stereocenters. The zero-order valence-electron chi connectivity index (χ0n) is 13.5. The zero-order chi connectivity index (χ0) is 14.5. The second-order valence-electron chi connectivity index (χ2n) is 7.78. The Morgan fingerprint density at radius 1 is 0.714 bits per heavy atom. The summed E-state index contributed by atoms with van der Waals surface area (Å²) >= 11 is 0. The Labute approximate surface area is 130 Å². The van der Waals surface area contributed by atoms with Crippen molar-refractivity contribution in [3.63, 3.8) is 0 Å². The van der Waals surface area contributed by atoms with Crippen LogP contribution in [-0.4, -0.2) is 12.1 Å². The summed E-state index contributed by atoms with van der Waals surface area (Å²) in [5, 5.41) is 0. The highest BCUT2D eigenvalue weighted by molar-refractivity contribution is 5.69. The monoisotopic (exact) mass is 292 g/mol. The van der Waals surface area contributed by atoms with Gasteiger partial charge in [0.2, 0.25) is 0 Å². The van der Waals surface area contributed by atoms with Crippen molar-refractivity contribution in [2.75, 3.05) is 0 Å². The number of esters is 1. The maximum Gasteiger partial charge on any atom is 0.306 e. The lowest BCUT2D eigenvalue weighted by Gasteiger charge is -2.35. The molecule has 0 amide bonds. The second-order valence-corrected chi connectivity index (χ2v) is 7.78. The van der Waals surface area contributed by atoms with E-state index in [4.69, 9.17) is 4.74 Å². The van der Waals surface area contributed by atoms with Gasteiger partial charge in [-0.2, -0.15) is 0 Å². The van der Waals surface area contributed by atoms with E-state index < -0.39 is 0 Å². The summed E-state index contributed by atoms with van der Waals surface area (Å²) in [5.41, 5.74) is 0. The number of ether oxygens (including phenoxy) is 1. The normalized spacial score (nSPS) is 32.2. The first-order valence-electron chi connectivity index (χ1n) is 9.51. The molecule has 3 aliphatic carbocycles. The van der Waals surface area contributed by atoms with Crippen LogP contribution in [0.15, 0.2) is 0 Å². The summed E-state index contributed by atoms with van der Waals surface area (Å²) in [5.74, 6) is 2.67. The molecule has 0 atom stereocenters. The van der Waals surface area contributed by atoms with Gasteiger partial charge in [-0.3, -0.25) is 4.79 Å². The molecule has 0 aromatic heterocycles. The first-order valence-corrected chi connectivity index (χ1v) is 9.51. The van der Waals surface area contributed by atoms with Crippen LogP contribution in [0.1, 0.15) is 89.9 Å². The summed E-state index contributed by atoms with van der Waals surface area (Å²) in [7, 11) is 0. The molecular weight excluding hydrogens is 260 g/mol. The Hall–Kier alpha value is -0.530. The lowest BCUT2D eigenvalue weighted by atomic mass is 9.70. The van der Waals surface area contributed by atoms with Crippen molar-refractivity contribution in [2.45, 2.75) is 96.0 Å². The highest BCUT2D eigenvalue weighted by Gasteiger charge is 2.30. The van der Waals surface area contributed by atoms with E-state index in [1.54, 1.807) is 0 Å². The number of carbonyl (C=O) groups is 1. The smallest absolute Gasteiger partial charge is 0.306 e. The van der Waals surface area contributed by atoms with Crippen LogP contribution in [-0.2, 0) is 9.53 Å². The molecule has 0 heterocycles. The predicted molar refractivity (Wildman–Crippen MR) is 85.0 cm³/mol. The molecule has 0 saturated heterocycles. The van der Waals surface area contributed by atoms with Gasteiger partial charge in [-0.1, -0.05) is 32.1 Å². The molecule has 120 valence electrons. The number of rotatable bonds is 4. The molecule has 2 nitrogen and oxygen atoms in total. The van der Waals surface area contributed by atoms with Crippen molar-refractivity contribution >= 4 is 5.97 Å². The van der Waals surface area contributed by atoms with Crippen LogP contribution in [0.3, 0.4) is 0 Å². The first-order chi connectivity index (χ1) is 10.3. The molecule has 0 aromatic rings. The van der Waals surface area contributed by atoms with Gasteiger partial charge >= 0.3 is 5.97 Å². The van der Waals surface area contributed by atoms with Crippen LogP contribution >= 0.6 is 0 Å². The van der Waals surface area contributed by atoms with Crippen molar-refractivity contribution in [3.05, 3.63) is 0 Å². The highest BCUT2D eigenvalue weighted by atomic mass is 16.5. The molecule has 0 spiro atoms. The van der Waals surface area contributed by atoms with Crippen LogP contribution in [0.25, 0.3) is 0 Å². The minimum Gasteiger partial charge on any atom is -0.462 e. The summed E-state index contributed by atoms with van der Waals surface area (Å²) in [6.45, 7) is 0. The molecule has 3 fully saturated rings. The average Bonchev–Trinajstić information content (AvgIpc) is 3.02. The molecular formula is C19H32O2. The number of carbonyl (C=O) groups excluding carboxylic acids is 1. The lowest BCUT2D eigenvalue weighted by Crippen LogP contribution is -2.25. The molecule has 2 heteroatoms. The first kappa shape index (κ1) is 15.4. The Morgan fingerprint density at radius 3 is 1.95 bits per heavy atom. The van der Waals surface area contributed by atoms with Crippen LogP contribution in [0.5, 0.6) is 0 Å². The Balaban J connectivity index is 1.35.